The Morgan fingerprint density at radius 1 is 1.21 bits per heavy atom. The standard InChI is InChI=1S/C19H25FN2O2/c1-2-3-10-21-18(23)17-12-22(19(24)14-4-5-14)11-16(17)13-6-8-15(20)9-7-13/h6-9,14,16-17H,2-5,10-12H2,1H3,(H,21,23)/t16-,17-/m0/s1. The van der Waals surface area contributed by atoms with Crippen LogP contribution in [0.2, 0.25) is 0 Å². The molecular weight excluding hydrogens is 307 g/mol. The van der Waals surface area contributed by atoms with Crippen molar-refractivity contribution in [1.29, 1.82) is 0 Å². The van der Waals surface area contributed by atoms with Gasteiger partial charge >= 0.3 is 0 Å². The van der Waals surface area contributed by atoms with Gasteiger partial charge in [-0.1, -0.05) is 25.5 Å². The lowest BCUT2D eigenvalue weighted by Gasteiger charge is -2.18. The van der Waals surface area contributed by atoms with Crippen LogP contribution in [0.5, 0.6) is 0 Å². The molecule has 1 aliphatic carbocycles. The van der Waals surface area contributed by atoms with Crippen molar-refractivity contribution in [1.82, 2.24) is 10.2 Å². The van der Waals surface area contributed by atoms with Crippen molar-refractivity contribution in [3.8, 4) is 0 Å². The van der Waals surface area contributed by atoms with E-state index in [9.17, 15) is 14.0 Å². The molecule has 130 valence electrons. The van der Waals surface area contributed by atoms with Crippen molar-refractivity contribution in [2.75, 3.05) is 19.6 Å². The minimum atomic E-state index is -0.286. The van der Waals surface area contributed by atoms with Gasteiger partial charge in [0.15, 0.2) is 0 Å². The topological polar surface area (TPSA) is 49.4 Å². The molecule has 0 unspecified atom stereocenters. The molecule has 2 atom stereocenters. The van der Waals surface area contributed by atoms with Crippen molar-refractivity contribution in [3.05, 3.63) is 35.6 Å². The molecule has 3 rings (SSSR count). The maximum absolute atomic E-state index is 13.2. The lowest BCUT2D eigenvalue weighted by molar-refractivity contribution is -0.132. The fourth-order valence-electron chi connectivity index (χ4n) is 3.41. The molecule has 2 amide bonds. The Morgan fingerprint density at radius 2 is 1.92 bits per heavy atom. The Kier molecular flexibility index (Phi) is 5.17. The third kappa shape index (κ3) is 3.77. The molecule has 24 heavy (non-hydrogen) atoms. The van der Waals surface area contributed by atoms with Gasteiger partial charge in [0.2, 0.25) is 11.8 Å². The molecular formula is C19H25FN2O2. The molecule has 2 fully saturated rings. The summed E-state index contributed by atoms with van der Waals surface area (Å²) in [6.45, 7) is 3.76. The SMILES string of the molecule is CCCCNC(=O)[C@H]1CN(C(=O)C2CC2)C[C@H]1c1ccc(F)cc1. The molecule has 0 radical (unpaired) electrons. The first-order chi connectivity index (χ1) is 11.6. The molecule has 5 heteroatoms. The van der Waals surface area contributed by atoms with Crippen LogP contribution in [0.15, 0.2) is 24.3 Å². The smallest absolute Gasteiger partial charge is 0.225 e. The summed E-state index contributed by atoms with van der Waals surface area (Å²) >= 11 is 0. The number of amides is 2. The van der Waals surface area contributed by atoms with Gasteiger partial charge in [-0.3, -0.25) is 9.59 Å². The van der Waals surface area contributed by atoms with Gasteiger partial charge in [0, 0.05) is 31.5 Å². The molecule has 1 aliphatic heterocycles. The number of rotatable bonds is 6. The normalized spacial score (nSPS) is 23.3. The lowest BCUT2D eigenvalue weighted by Crippen LogP contribution is -2.36. The molecule has 1 saturated heterocycles. The fraction of sp³-hybridized carbons (Fsp3) is 0.579. The van der Waals surface area contributed by atoms with E-state index in [1.165, 1.54) is 12.1 Å². The summed E-state index contributed by atoms with van der Waals surface area (Å²) in [5.41, 5.74) is 0.929. The van der Waals surface area contributed by atoms with E-state index in [0.717, 1.165) is 31.2 Å². The monoisotopic (exact) mass is 332 g/mol. The van der Waals surface area contributed by atoms with Crippen molar-refractivity contribution in [3.63, 3.8) is 0 Å². The predicted molar refractivity (Wildman–Crippen MR) is 89.9 cm³/mol. The minimum Gasteiger partial charge on any atom is -0.356 e. The summed E-state index contributed by atoms with van der Waals surface area (Å²) in [7, 11) is 0. The van der Waals surface area contributed by atoms with E-state index in [-0.39, 0.29) is 35.4 Å². The molecule has 1 saturated carbocycles. The average molecular weight is 332 g/mol. The van der Waals surface area contributed by atoms with Crippen LogP contribution in [-0.4, -0.2) is 36.3 Å². The summed E-state index contributed by atoms with van der Waals surface area (Å²) < 4.78 is 13.2. The van der Waals surface area contributed by atoms with Crippen LogP contribution in [-0.2, 0) is 9.59 Å². The summed E-state index contributed by atoms with van der Waals surface area (Å²) in [6.07, 6.45) is 3.90. The molecule has 0 aromatic heterocycles. The number of carbonyl (C=O) groups excluding carboxylic acids is 2. The van der Waals surface area contributed by atoms with E-state index in [1.54, 1.807) is 12.1 Å². The Hall–Kier alpha value is -1.91. The Balaban J connectivity index is 1.74. The van der Waals surface area contributed by atoms with Gasteiger partial charge < -0.3 is 10.2 Å². The number of hydrogen-bond acceptors (Lipinski definition) is 2. The molecule has 0 bridgehead atoms. The summed E-state index contributed by atoms with van der Waals surface area (Å²) in [6, 6.07) is 6.31. The van der Waals surface area contributed by atoms with Crippen LogP contribution in [0.25, 0.3) is 0 Å². The summed E-state index contributed by atoms with van der Waals surface area (Å²) in [5, 5.41) is 2.99. The molecule has 1 aromatic carbocycles. The highest BCUT2D eigenvalue weighted by Crippen LogP contribution is 2.37. The highest BCUT2D eigenvalue weighted by Gasteiger charge is 2.43. The third-order valence-electron chi connectivity index (χ3n) is 5.02. The van der Waals surface area contributed by atoms with E-state index < -0.39 is 0 Å². The molecule has 1 aromatic rings. The summed E-state index contributed by atoms with van der Waals surface area (Å²) in [4.78, 5) is 26.8. The Morgan fingerprint density at radius 3 is 2.54 bits per heavy atom. The van der Waals surface area contributed by atoms with Gasteiger partial charge in [-0.2, -0.15) is 0 Å². The zero-order chi connectivity index (χ0) is 17.1. The largest absolute Gasteiger partial charge is 0.356 e. The van der Waals surface area contributed by atoms with Gasteiger partial charge in [0.25, 0.3) is 0 Å². The number of halogens is 1. The maximum Gasteiger partial charge on any atom is 0.225 e. The predicted octanol–water partition coefficient (Wildman–Crippen LogP) is 2.69. The number of likely N-dealkylation sites (tertiary alicyclic amines) is 1. The van der Waals surface area contributed by atoms with E-state index in [1.807, 2.05) is 4.90 Å². The van der Waals surface area contributed by atoms with Gasteiger partial charge in [0.05, 0.1) is 5.92 Å². The number of benzene rings is 1. The quantitative estimate of drug-likeness (QED) is 0.814. The molecule has 1 N–H and O–H groups in total. The van der Waals surface area contributed by atoms with Gasteiger partial charge in [-0.05, 0) is 37.0 Å². The van der Waals surface area contributed by atoms with Crippen molar-refractivity contribution >= 4 is 11.8 Å². The van der Waals surface area contributed by atoms with E-state index in [0.29, 0.717) is 19.6 Å². The highest BCUT2D eigenvalue weighted by molar-refractivity contribution is 5.85. The lowest BCUT2D eigenvalue weighted by atomic mass is 9.88. The minimum absolute atomic E-state index is 0.00359. The van der Waals surface area contributed by atoms with E-state index in [4.69, 9.17) is 0 Å². The van der Waals surface area contributed by atoms with Crippen molar-refractivity contribution < 1.29 is 14.0 Å². The van der Waals surface area contributed by atoms with Crippen LogP contribution < -0.4 is 5.32 Å². The summed E-state index contributed by atoms with van der Waals surface area (Å²) in [5.74, 6) is -0.271. The zero-order valence-electron chi connectivity index (χ0n) is 14.1. The van der Waals surface area contributed by atoms with Crippen molar-refractivity contribution in [2.45, 2.75) is 38.5 Å². The van der Waals surface area contributed by atoms with Crippen LogP contribution in [0, 0.1) is 17.7 Å². The number of nitrogens with one attached hydrogen (secondary N) is 1. The first-order valence-corrected chi connectivity index (χ1v) is 8.92. The Labute approximate surface area is 142 Å². The second-order valence-electron chi connectivity index (χ2n) is 6.93. The molecule has 2 aliphatic rings. The number of hydrogen-bond donors (Lipinski definition) is 1. The number of unbranched alkanes of at least 4 members (excludes halogenated alkanes) is 1. The van der Waals surface area contributed by atoms with E-state index in [2.05, 4.69) is 12.2 Å². The first kappa shape index (κ1) is 16.9. The van der Waals surface area contributed by atoms with Crippen molar-refractivity contribution in [2.24, 2.45) is 11.8 Å². The van der Waals surface area contributed by atoms with Crippen LogP contribution >= 0.6 is 0 Å². The average Bonchev–Trinajstić information content (AvgIpc) is 3.33. The highest BCUT2D eigenvalue weighted by atomic mass is 19.1. The first-order valence-electron chi connectivity index (χ1n) is 8.92. The third-order valence-corrected chi connectivity index (χ3v) is 5.02. The zero-order valence-corrected chi connectivity index (χ0v) is 14.1. The second kappa shape index (κ2) is 7.32. The number of nitrogens with zero attached hydrogens (tertiary/aromatic N) is 1. The van der Waals surface area contributed by atoms with Crippen LogP contribution in [0.4, 0.5) is 4.39 Å². The van der Waals surface area contributed by atoms with Crippen LogP contribution in [0.1, 0.15) is 44.1 Å². The molecule has 1 heterocycles. The van der Waals surface area contributed by atoms with E-state index >= 15 is 0 Å². The van der Waals surface area contributed by atoms with Crippen LogP contribution in [0.3, 0.4) is 0 Å². The molecule has 0 spiro atoms. The second-order valence-corrected chi connectivity index (χ2v) is 6.93. The van der Waals surface area contributed by atoms with Gasteiger partial charge in [0.1, 0.15) is 5.82 Å². The molecule has 4 nitrogen and oxygen atoms in total. The fourth-order valence-corrected chi connectivity index (χ4v) is 3.41. The number of carbonyl (C=O) groups is 2. The van der Waals surface area contributed by atoms with Gasteiger partial charge in [-0.15, -0.1) is 0 Å². The van der Waals surface area contributed by atoms with Gasteiger partial charge in [-0.25, -0.2) is 4.39 Å². The maximum atomic E-state index is 13.2. The Bertz CT molecular complexity index is 598.